The molecule has 1 aliphatic heterocycles. The predicted molar refractivity (Wildman–Crippen MR) is 149 cm³/mol. The Hall–Kier alpha value is -2.43. The van der Waals surface area contributed by atoms with E-state index in [2.05, 4.69) is 42.7 Å². The van der Waals surface area contributed by atoms with E-state index in [0.717, 1.165) is 62.9 Å². The van der Waals surface area contributed by atoms with E-state index in [9.17, 15) is 26.4 Å². The minimum absolute atomic E-state index is 0.0259. The van der Waals surface area contributed by atoms with Crippen LogP contribution in [0.15, 0.2) is 47.4 Å². The summed E-state index contributed by atoms with van der Waals surface area (Å²) in [4.78, 5) is 12.8. The number of benzene rings is 2. The zero-order valence-corrected chi connectivity index (χ0v) is 24.1. The monoisotopic (exact) mass is 579 g/mol. The number of carbonyl (C=O) groups is 1. The van der Waals surface area contributed by atoms with E-state index in [1.54, 1.807) is 0 Å². The van der Waals surface area contributed by atoms with Crippen molar-refractivity contribution in [2.24, 2.45) is 5.92 Å². The third kappa shape index (κ3) is 7.64. The van der Waals surface area contributed by atoms with E-state index >= 15 is 0 Å². The summed E-state index contributed by atoms with van der Waals surface area (Å²) < 4.78 is 67.7. The molecule has 0 bridgehead atoms. The van der Waals surface area contributed by atoms with Crippen LogP contribution < -0.4 is 10.6 Å². The molecule has 2 N–H and O–H groups in total. The first-order valence-electron chi connectivity index (χ1n) is 14.3. The van der Waals surface area contributed by atoms with Crippen LogP contribution in [0.3, 0.4) is 0 Å². The Balaban J connectivity index is 1.42. The van der Waals surface area contributed by atoms with Gasteiger partial charge in [-0.3, -0.25) is 4.79 Å². The fourth-order valence-corrected chi connectivity index (χ4v) is 7.42. The molecule has 6 nitrogen and oxygen atoms in total. The molecule has 1 saturated heterocycles. The molecule has 1 unspecified atom stereocenters. The second kappa shape index (κ2) is 13.0. The van der Waals surface area contributed by atoms with Crippen molar-refractivity contribution >= 4 is 15.9 Å². The van der Waals surface area contributed by atoms with Gasteiger partial charge in [0.25, 0.3) is 0 Å². The van der Waals surface area contributed by atoms with Crippen LogP contribution in [0.5, 0.6) is 0 Å². The average molecular weight is 580 g/mol. The highest BCUT2D eigenvalue weighted by Crippen LogP contribution is 2.34. The quantitative estimate of drug-likeness (QED) is 0.340. The fourth-order valence-electron chi connectivity index (χ4n) is 5.68. The molecule has 1 amide bonds. The molecule has 10 heteroatoms. The normalized spacial score (nSPS) is 20.4. The minimum Gasteiger partial charge on any atom is -0.349 e. The SMILES string of the molecule is CC(C)CCNCc1ccc2c(c1)CCC[C@H]2NC(=O)CC1CCCCN1S(=O)(=O)c1cccc(C(F)(F)F)c1. The standard InChI is InChI=1S/C30H40F3N3O3S/c1-21(2)14-15-34-20-22-12-13-27-23(17-22)7-5-11-28(27)35-29(37)19-25-9-3-4-16-36(25)40(38,39)26-10-6-8-24(18-26)30(31,32)33/h6,8,10,12-13,17-18,21,25,28,34H,3-5,7,9,11,14-16,19-20H2,1-2H3,(H,35,37)/t25?,28-/m1/s1. The summed E-state index contributed by atoms with van der Waals surface area (Å²) in [6, 6.07) is 9.47. The number of hydrogen-bond acceptors (Lipinski definition) is 4. The summed E-state index contributed by atoms with van der Waals surface area (Å²) in [5, 5.41) is 6.61. The lowest BCUT2D eigenvalue weighted by Gasteiger charge is -2.35. The first-order chi connectivity index (χ1) is 18.9. The van der Waals surface area contributed by atoms with Crippen LogP contribution in [0, 0.1) is 5.92 Å². The number of nitrogens with one attached hydrogen (secondary N) is 2. The van der Waals surface area contributed by atoms with Gasteiger partial charge in [-0.05, 0) is 85.9 Å². The number of hydrogen-bond donors (Lipinski definition) is 2. The van der Waals surface area contributed by atoms with Gasteiger partial charge >= 0.3 is 6.18 Å². The van der Waals surface area contributed by atoms with Gasteiger partial charge in [0.15, 0.2) is 0 Å². The van der Waals surface area contributed by atoms with Gasteiger partial charge in [-0.25, -0.2) is 8.42 Å². The maximum Gasteiger partial charge on any atom is 0.416 e. The second-order valence-corrected chi connectivity index (χ2v) is 13.3. The molecule has 2 aliphatic rings. The molecule has 0 aromatic heterocycles. The summed E-state index contributed by atoms with van der Waals surface area (Å²) in [6.07, 6.45) is 0.999. The molecule has 0 saturated carbocycles. The smallest absolute Gasteiger partial charge is 0.349 e. The number of fused-ring (bicyclic) bond motifs is 1. The van der Waals surface area contributed by atoms with Crippen molar-refractivity contribution in [3.05, 3.63) is 64.7 Å². The van der Waals surface area contributed by atoms with E-state index in [-0.39, 0.29) is 24.9 Å². The highest BCUT2D eigenvalue weighted by atomic mass is 32.2. The van der Waals surface area contributed by atoms with Crippen molar-refractivity contribution in [1.29, 1.82) is 0 Å². The number of nitrogens with zero attached hydrogens (tertiary/aromatic N) is 1. The number of aryl methyl sites for hydroxylation is 1. The maximum atomic E-state index is 13.4. The van der Waals surface area contributed by atoms with E-state index in [1.807, 2.05) is 0 Å². The Bertz CT molecular complexity index is 1280. The van der Waals surface area contributed by atoms with Crippen LogP contribution in [0.4, 0.5) is 13.2 Å². The van der Waals surface area contributed by atoms with Crippen LogP contribution in [0.2, 0.25) is 0 Å². The van der Waals surface area contributed by atoms with E-state index in [4.69, 9.17) is 0 Å². The van der Waals surface area contributed by atoms with Gasteiger partial charge in [0.05, 0.1) is 16.5 Å². The second-order valence-electron chi connectivity index (χ2n) is 11.4. The number of amides is 1. The van der Waals surface area contributed by atoms with Crippen molar-refractivity contribution in [2.75, 3.05) is 13.1 Å². The summed E-state index contributed by atoms with van der Waals surface area (Å²) in [5.41, 5.74) is 2.53. The molecule has 220 valence electrons. The molecule has 40 heavy (non-hydrogen) atoms. The van der Waals surface area contributed by atoms with Gasteiger partial charge in [0.2, 0.25) is 15.9 Å². The topological polar surface area (TPSA) is 78.5 Å². The summed E-state index contributed by atoms with van der Waals surface area (Å²) in [6.45, 7) is 6.35. The van der Waals surface area contributed by atoms with Crippen LogP contribution in [0.25, 0.3) is 0 Å². The Morgan fingerprint density at radius 3 is 2.62 bits per heavy atom. The molecule has 2 aromatic rings. The van der Waals surface area contributed by atoms with Crippen molar-refractivity contribution < 1.29 is 26.4 Å². The third-order valence-electron chi connectivity index (χ3n) is 7.85. The molecule has 1 aliphatic carbocycles. The maximum absolute atomic E-state index is 13.4. The average Bonchev–Trinajstić information content (AvgIpc) is 2.91. The summed E-state index contributed by atoms with van der Waals surface area (Å²) in [5.74, 6) is 0.412. The van der Waals surface area contributed by atoms with Crippen molar-refractivity contribution in [3.63, 3.8) is 0 Å². The van der Waals surface area contributed by atoms with Crippen molar-refractivity contribution in [2.45, 2.75) is 94.9 Å². The van der Waals surface area contributed by atoms with Gasteiger partial charge < -0.3 is 10.6 Å². The highest BCUT2D eigenvalue weighted by molar-refractivity contribution is 7.89. The van der Waals surface area contributed by atoms with Gasteiger partial charge in [-0.15, -0.1) is 0 Å². The molecule has 1 fully saturated rings. The lowest BCUT2D eigenvalue weighted by molar-refractivity contribution is -0.137. The Kier molecular flexibility index (Phi) is 9.95. The van der Waals surface area contributed by atoms with Gasteiger partial charge in [-0.1, -0.05) is 44.5 Å². The van der Waals surface area contributed by atoms with E-state index in [1.165, 1.54) is 21.5 Å². The number of carbonyl (C=O) groups excluding carboxylic acids is 1. The summed E-state index contributed by atoms with van der Waals surface area (Å²) in [7, 11) is -4.19. The first-order valence-corrected chi connectivity index (χ1v) is 15.7. The Morgan fingerprint density at radius 2 is 1.88 bits per heavy atom. The minimum atomic E-state index is -4.64. The Morgan fingerprint density at radius 1 is 1.07 bits per heavy atom. The zero-order chi connectivity index (χ0) is 28.9. The predicted octanol–water partition coefficient (Wildman–Crippen LogP) is 5.97. The lowest BCUT2D eigenvalue weighted by atomic mass is 9.86. The molecule has 1 heterocycles. The van der Waals surface area contributed by atoms with E-state index in [0.29, 0.717) is 24.8 Å². The third-order valence-corrected chi connectivity index (χ3v) is 9.79. The molecule has 4 rings (SSSR count). The number of piperidine rings is 1. The van der Waals surface area contributed by atoms with Crippen molar-refractivity contribution in [1.82, 2.24) is 14.9 Å². The Labute approximate surface area is 235 Å². The van der Waals surface area contributed by atoms with Crippen LogP contribution in [-0.2, 0) is 34.0 Å². The molecule has 2 aromatic carbocycles. The lowest BCUT2D eigenvalue weighted by Crippen LogP contribution is -2.46. The number of sulfonamides is 1. The summed E-state index contributed by atoms with van der Waals surface area (Å²) >= 11 is 0. The van der Waals surface area contributed by atoms with Crippen LogP contribution in [-0.4, -0.2) is 37.8 Å². The van der Waals surface area contributed by atoms with Crippen LogP contribution in [0.1, 0.15) is 87.1 Å². The van der Waals surface area contributed by atoms with Crippen LogP contribution >= 0.6 is 0 Å². The van der Waals surface area contributed by atoms with Gasteiger partial charge in [-0.2, -0.15) is 17.5 Å². The number of rotatable bonds is 10. The molecule has 2 atom stereocenters. The number of alkyl halides is 3. The molecule has 0 spiro atoms. The molecular formula is C30H40F3N3O3S. The number of halogens is 3. The highest BCUT2D eigenvalue weighted by Gasteiger charge is 2.37. The first kappa shape index (κ1) is 30.5. The largest absolute Gasteiger partial charge is 0.416 e. The van der Waals surface area contributed by atoms with Crippen molar-refractivity contribution in [3.8, 4) is 0 Å². The fraction of sp³-hybridized carbons (Fsp3) is 0.567. The molecule has 0 radical (unpaired) electrons. The van der Waals surface area contributed by atoms with Gasteiger partial charge in [0, 0.05) is 25.6 Å². The zero-order valence-electron chi connectivity index (χ0n) is 23.3. The molecular weight excluding hydrogens is 539 g/mol. The van der Waals surface area contributed by atoms with Gasteiger partial charge in [0.1, 0.15) is 0 Å². The van der Waals surface area contributed by atoms with E-state index < -0.39 is 32.7 Å².